The summed E-state index contributed by atoms with van der Waals surface area (Å²) < 4.78 is 0. The van der Waals surface area contributed by atoms with E-state index < -0.39 is 11.6 Å². The molecule has 4 nitrogen and oxygen atoms in total. The van der Waals surface area contributed by atoms with Gasteiger partial charge < -0.3 is 10.2 Å². The maximum atomic E-state index is 10.9. The molecule has 0 radical (unpaired) electrons. The van der Waals surface area contributed by atoms with Crippen LogP contribution in [-0.4, -0.2) is 39.8 Å². The summed E-state index contributed by atoms with van der Waals surface area (Å²) in [5.41, 5.74) is 0.673. The number of carboxylic acids is 1. The van der Waals surface area contributed by atoms with Crippen molar-refractivity contribution in [2.75, 3.05) is 13.1 Å². The van der Waals surface area contributed by atoms with Crippen molar-refractivity contribution in [1.29, 1.82) is 0 Å². The molecule has 0 amide bonds. The van der Waals surface area contributed by atoms with Crippen LogP contribution in [-0.2, 0) is 6.54 Å². The van der Waals surface area contributed by atoms with Gasteiger partial charge in [0.2, 0.25) is 0 Å². The Morgan fingerprint density at radius 2 is 2.28 bits per heavy atom. The first-order valence-corrected chi connectivity index (χ1v) is 6.23. The summed E-state index contributed by atoms with van der Waals surface area (Å²) >= 11 is 0. The molecule has 1 aromatic carbocycles. The normalized spacial score (nSPS) is 25.0. The monoisotopic (exact) mass is 249 g/mol. The average Bonchev–Trinajstić information content (AvgIpc) is 2.28. The van der Waals surface area contributed by atoms with E-state index in [1.807, 2.05) is 13.0 Å². The predicted molar refractivity (Wildman–Crippen MR) is 68.5 cm³/mol. The first-order valence-electron chi connectivity index (χ1n) is 6.23. The Labute approximate surface area is 107 Å². The first kappa shape index (κ1) is 13.1. The van der Waals surface area contributed by atoms with Crippen LogP contribution in [0, 0.1) is 0 Å². The Bertz CT molecular complexity index is 442. The summed E-state index contributed by atoms with van der Waals surface area (Å²) in [5.74, 6) is -0.900. The number of likely N-dealkylation sites (tertiary alicyclic amines) is 1. The Kier molecular flexibility index (Phi) is 3.68. The fourth-order valence-electron chi connectivity index (χ4n) is 2.52. The molecule has 4 heteroatoms. The molecule has 0 aliphatic carbocycles. The van der Waals surface area contributed by atoms with E-state index in [0.29, 0.717) is 18.7 Å². The minimum Gasteiger partial charge on any atom is -0.478 e. The number of aromatic carboxylic acids is 1. The Hall–Kier alpha value is -1.39. The van der Waals surface area contributed by atoms with Crippen molar-refractivity contribution < 1.29 is 15.0 Å². The van der Waals surface area contributed by atoms with Crippen LogP contribution in [0.2, 0.25) is 0 Å². The molecule has 98 valence electrons. The average molecular weight is 249 g/mol. The smallest absolute Gasteiger partial charge is 0.335 e. The van der Waals surface area contributed by atoms with Gasteiger partial charge in [0.15, 0.2) is 0 Å². The van der Waals surface area contributed by atoms with Crippen molar-refractivity contribution in [3.8, 4) is 0 Å². The highest BCUT2D eigenvalue weighted by Crippen LogP contribution is 2.22. The summed E-state index contributed by atoms with van der Waals surface area (Å²) in [4.78, 5) is 13.1. The van der Waals surface area contributed by atoms with Crippen molar-refractivity contribution in [1.82, 2.24) is 4.90 Å². The molecule has 1 aliphatic heterocycles. The van der Waals surface area contributed by atoms with E-state index in [9.17, 15) is 9.90 Å². The lowest BCUT2D eigenvalue weighted by Crippen LogP contribution is -2.45. The number of rotatable bonds is 3. The lowest BCUT2D eigenvalue weighted by molar-refractivity contribution is -0.0181. The largest absolute Gasteiger partial charge is 0.478 e. The molecule has 0 bridgehead atoms. The molecule has 1 aromatic rings. The van der Waals surface area contributed by atoms with Crippen molar-refractivity contribution in [2.45, 2.75) is 31.9 Å². The maximum absolute atomic E-state index is 10.9. The number of piperidine rings is 1. The van der Waals surface area contributed by atoms with E-state index in [1.54, 1.807) is 18.2 Å². The molecule has 2 rings (SSSR count). The van der Waals surface area contributed by atoms with Gasteiger partial charge in [-0.05, 0) is 44.0 Å². The second-order valence-corrected chi connectivity index (χ2v) is 5.32. The summed E-state index contributed by atoms with van der Waals surface area (Å²) in [7, 11) is 0. The molecule has 1 aliphatic rings. The van der Waals surface area contributed by atoms with E-state index in [4.69, 9.17) is 5.11 Å². The number of carbonyl (C=O) groups is 1. The van der Waals surface area contributed by atoms with Crippen LogP contribution in [0.25, 0.3) is 0 Å². The van der Waals surface area contributed by atoms with Crippen molar-refractivity contribution >= 4 is 5.97 Å². The van der Waals surface area contributed by atoms with Gasteiger partial charge in [0.05, 0.1) is 11.2 Å². The van der Waals surface area contributed by atoms with Crippen LogP contribution >= 0.6 is 0 Å². The van der Waals surface area contributed by atoms with Gasteiger partial charge in [-0.25, -0.2) is 4.79 Å². The molecule has 18 heavy (non-hydrogen) atoms. The summed E-state index contributed by atoms with van der Waals surface area (Å²) in [5, 5.41) is 19.0. The van der Waals surface area contributed by atoms with Gasteiger partial charge in [0.1, 0.15) is 0 Å². The van der Waals surface area contributed by atoms with Gasteiger partial charge in [-0.15, -0.1) is 0 Å². The maximum Gasteiger partial charge on any atom is 0.335 e. The molecule has 1 saturated heterocycles. The molecule has 2 N–H and O–H groups in total. The van der Waals surface area contributed by atoms with Crippen LogP contribution < -0.4 is 0 Å². The zero-order valence-corrected chi connectivity index (χ0v) is 10.6. The van der Waals surface area contributed by atoms with E-state index in [0.717, 1.165) is 24.9 Å². The molecular formula is C14H19NO3. The fourth-order valence-corrected chi connectivity index (χ4v) is 2.52. The molecule has 0 spiro atoms. The summed E-state index contributed by atoms with van der Waals surface area (Å²) in [6.07, 6.45) is 1.81. The zero-order chi connectivity index (χ0) is 13.2. The van der Waals surface area contributed by atoms with Gasteiger partial charge in [-0.1, -0.05) is 12.1 Å². The van der Waals surface area contributed by atoms with Gasteiger partial charge in [0.25, 0.3) is 0 Å². The number of benzene rings is 1. The minimum atomic E-state index is -0.900. The molecule has 1 fully saturated rings. The molecule has 1 unspecified atom stereocenters. The van der Waals surface area contributed by atoms with Gasteiger partial charge in [-0.3, -0.25) is 4.90 Å². The second kappa shape index (κ2) is 5.08. The Morgan fingerprint density at radius 3 is 2.94 bits per heavy atom. The second-order valence-electron chi connectivity index (χ2n) is 5.32. The van der Waals surface area contributed by atoms with Crippen LogP contribution in [0.3, 0.4) is 0 Å². The van der Waals surface area contributed by atoms with Crippen molar-refractivity contribution in [3.05, 3.63) is 35.4 Å². The van der Waals surface area contributed by atoms with E-state index in [1.165, 1.54) is 0 Å². The number of hydrogen-bond acceptors (Lipinski definition) is 3. The lowest BCUT2D eigenvalue weighted by atomic mass is 9.95. The van der Waals surface area contributed by atoms with Crippen LogP contribution in [0.15, 0.2) is 24.3 Å². The van der Waals surface area contributed by atoms with Crippen molar-refractivity contribution in [3.63, 3.8) is 0 Å². The van der Waals surface area contributed by atoms with Gasteiger partial charge >= 0.3 is 5.97 Å². The van der Waals surface area contributed by atoms with E-state index in [-0.39, 0.29) is 0 Å². The van der Waals surface area contributed by atoms with Crippen LogP contribution in [0.4, 0.5) is 0 Å². The van der Waals surface area contributed by atoms with Gasteiger partial charge in [0, 0.05) is 13.1 Å². The molecule has 0 aromatic heterocycles. The topological polar surface area (TPSA) is 60.8 Å². The standard InChI is InChI=1S/C14H19NO3/c1-14(18)6-3-7-15(10-14)9-11-4-2-5-12(8-11)13(16)17/h2,4-5,8,18H,3,6-7,9-10H2,1H3,(H,16,17). The fraction of sp³-hybridized carbons (Fsp3) is 0.500. The third-order valence-electron chi connectivity index (χ3n) is 3.33. The van der Waals surface area contributed by atoms with E-state index >= 15 is 0 Å². The predicted octanol–water partition coefficient (Wildman–Crippen LogP) is 1.73. The third kappa shape index (κ3) is 3.31. The Balaban J connectivity index is 2.05. The van der Waals surface area contributed by atoms with E-state index in [2.05, 4.69) is 4.90 Å². The quantitative estimate of drug-likeness (QED) is 0.856. The zero-order valence-electron chi connectivity index (χ0n) is 10.6. The summed E-state index contributed by atoms with van der Waals surface area (Å²) in [6, 6.07) is 6.99. The van der Waals surface area contributed by atoms with Gasteiger partial charge in [-0.2, -0.15) is 0 Å². The van der Waals surface area contributed by atoms with Crippen LogP contribution in [0.5, 0.6) is 0 Å². The number of carboxylic acid groups (broad SMARTS) is 1. The number of hydrogen-bond donors (Lipinski definition) is 2. The Morgan fingerprint density at radius 1 is 1.50 bits per heavy atom. The SMILES string of the molecule is CC1(O)CCCN(Cc2cccc(C(=O)O)c2)C1. The molecule has 0 saturated carbocycles. The number of β-amino-alcohol motifs (C(OH)–C–C–N with tert-alkyl or cyclic N) is 1. The highest BCUT2D eigenvalue weighted by atomic mass is 16.4. The number of nitrogens with zero attached hydrogens (tertiary/aromatic N) is 1. The molecule has 1 heterocycles. The van der Waals surface area contributed by atoms with Crippen molar-refractivity contribution in [2.24, 2.45) is 0 Å². The number of aliphatic hydroxyl groups is 1. The lowest BCUT2D eigenvalue weighted by Gasteiger charge is -2.36. The molecular weight excluding hydrogens is 230 g/mol. The molecule has 1 atom stereocenters. The summed E-state index contributed by atoms with van der Waals surface area (Å²) in [6.45, 7) is 4.14. The highest BCUT2D eigenvalue weighted by molar-refractivity contribution is 5.87. The highest BCUT2D eigenvalue weighted by Gasteiger charge is 2.28. The third-order valence-corrected chi connectivity index (χ3v) is 3.33. The van der Waals surface area contributed by atoms with Crippen LogP contribution in [0.1, 0.15) is 35.7 Å². The minimum absolute atomic E-state index is 0.316. The first-order chi connectivity index (χ1) is 8.46.